The van der Waals surface area contributed by atoms with Crippen LogP contribution < -0.4 is 0 Å². The van der Waals surface area contributed by atoms with Crippen molar-refractivity contribution in [1.82, 2.24) is 4.98 Å². The van der Waals surface area contributed by atoms with Gasteiger partial charge in [0.15, 0.2) is 0 Å². The molecule has 0 aliphatic rings. The molecule has 0 aliphatic carbocycles. The summed E-state index contributed by atoms with van der Waals surface area (Å²) in [6.45, 7) is 1.83. The molecule has 1 aromatic heterocycles. The van der Waals surface area contributed by atoms with Crippen molar-refractivity contribution in [2.75, 3.05) is 0 Å². The first-order chi connectivity index (χ1) is 9.68. The molecule has 2 aromatic carbocycles. The van der Waals surface area contributed by atoms with Gasteiger partial charge >= 0.3 is 0 Å². The van der Waals surface area contributed by atoms with Crippen LogP contribution in [0.25, 0.3) is 10.8 Å². The quantitative estimate of drug-likeness (QED) is 0.697. The maximum Gasteiger partial charge on any atom is 0.127 e. The first-order valence-corrected chi connectivity index (χ1v) is 6.49. The van der Waals surface area contributed by atoms with Crippen LogP contribution in [0.5, 0.6) is 11.5 Å². The lowest BCUT2D eigenvalue weighted by Gasteiger charge is -2.14. The molecule has 1 heterocycles. The average molecular weight is 265 g/mol. The third-order valence-electron chi connectivity index (χ3n) is 3.63. The molecule has 3 rings (SSSR count). The van der Waals surface area contributed by atoms with Crippen molar-refractivity contribution < 1.29 is 10.2 Å². The summed E-state index contributed by atoms with van der Waals surface area (Å²) in [7, 11) is 0. The van der Waals surface area contributed by atoms with E-state index in [1.807, 2.05) is 43.3 Å². The van der Waals surface area contributed by atoms with Gasteiger partial charge in [-0.05, 0) is 24.1 Å². The molecular weight excluding hydrogens is 250 g/mol. The fourth-order valence-electron chi connectivity index (χ4n) is 2.50. The maximum atomic E-state index is 10.5. The summed E-state index contributed by atoms with van der Waals surface area (Å²) in [5.41, 5.74) is 2.46. The zero-order chi connectivity index (χ0) is 14.1. The van der Waals surface area contributed by atoms with Gasteiger partial charge in [-0.3, -0.25) is 4.98 Å². The van der Waals surface area contributed by atoms with E-state index in [2.05, 4.69) is 4.98 Å². The number of aromatic nitrogens is 1. The number of phenols is 2. The van der Waals surface area contributed by atoms with E-state index in [-0.39, 0.29) is 11.5 Å². The SMILES string of the molecule is Cc1c(Cc2cccnc2)c(O)c2ccccc2c1O. The highest BCUT2D eigenvalue weighted by molar-refractivity contribution is 5.95. The number of pyridine rings is 1. The maximum absolute atomic E-state index is 10.5. The Morgan fingerprint density at radius 2 is 1.65 bits per heavy atom. The van der Waals surface area contributed by atoms with Gasteiger partial charge < -0.3 is 10.2 Å². The Hall–Kier alpha value is -2.55. The fourth-order valence-corrected chi connectivity index (χ4v) is 2.50. The molecule has 20 heavy (non-hydrogen) atoms. The number of phenolic OH excluding ortho intramolecular Hbond substituents is 2. The van der Waals surface area contributed by atoms with Crippen LogP contribution in [-0.2, 0) is 6.42 Å². The monoisotopic (exact) mass is 265 g/mol. The van der Waals surface area contributed by atoms with E-state index >= 15 is 0 Å². The number of aromatic hydroxyl groups is 2. The lowest BCUT2D eigenvalue weighted by molar-refractivity contribution is 0.461. The van der Waals surface area contributed by atoms with Crippen molar-refractivity contribution in [2.24, 2.45) is 0 Å². The predicted molar refractivity (Wildman–Crippen MR) is 79.1 cm³/mol. The van der Waals surface area contributed by atoms with E-state index in [0.717, 1.165) is 11.1 Å². The van der Waals surface area contributed by atoms with Crippen LogP contribution in [0.3, 0.4) is 0 Å². The third kappa shape index (κ3) is 1.97. The Balaban J connectivity index is 2.21. The Morgan fingerprint density at radius 1 is 0.950 bits per heavy atom. The van der Waals surface area contributed by atoms with Gasteiger partial charge in [0.05, 0.1) is 0 Å². The summed E-state index contributed by atoms with van der Waals surface area (Å²) in [5, 5.41) is 22.2. The van der Waals surface area contributed by atoms with E-state index in [4.69, 9.17) is 0 Å². The highest BCUT2D eigenvalue weighted by Gasteiger charge is 2.15. The number of rotatable bonds is 2. The minimum Gasteiger partial charge on any atom is -0.507 e. The molecule has 0 atom stereocenters. The standard InChI is InChI=1S/C17H15NO2/c1-11-15(9-12-5-4-8-18-10-12)17(20)14-7-3-2-6-13(14)16(11)19/h2-8,10,19-20H,9H2,1H3. The number of hydrogen-bond acceptors (Lipinski definition) is 3. The second-order valence-electron chi connectivity index (χ2n) is 4.88. The molecule has 0 radical (unpaired) electrons. The molecule has 2 N–H and O–H groups in total. The summed E-state index contributed by atoms with van der Waals surface area (Å²) in [5.74, 6) is 0.469. The molecule has 0 fully saturated rings. The Labute approximate surface area is 117 Å². The van der Waals surface area contributed by atoms with Crippen molar-refractivity contribution in [3.8, 4) is 11.5 Å². The minimum atomic E-state index is 0.234. The Kier molecular flexibility index (Phi) is 3.03. The lowest BCUT2D eigenvalue weighted by atomic mass is 9.94. The molecule has 0 amide bonds. The van der Waals surface area contributed by atoms with Crippen LogP contribution in [0.2, 0.25) is 0 Å². The van der Waals surface area contributed by atoms with E-state index in [1.54, 1.807) is 12.4 Å². The third-order valence-corrected chi connectivity index (χ3v) is 3.63. The van der Waals surface area contributed by atoms with Crippen molar-refractivity contribution in [3.05, 3.63) is 65.5 Å². The van der Waals surface area contributed by atoms with Crippen LogP contribution in [0.1, 0.15) is 16.7 Å². The van der Waals surface area contributed by atoms with Gasteiger partial charge in [-0.25, -0.2) is 0 Å². The second kappa shape index (κ2) is 4.85. The van der Waals surface area contributed by atoms with Crippen molar-refractivity contribution in [1.29, 1.82) is 0 Å². The van der Waals surface area contributed by atoms with Crippen LogP contribution in [0.4, 0.5) is 0 Å². The summed E-state index contributed by atoms with van der Waals surface area (Å²) >= 11 is 0. The second-order valence-corrected chi connectivity index (χ2v) is 4.88. The lowest BCUT2D eigenvalue weighted by Crippen LogP contribution is -1.95. The first kappa shape index (κ1) is 12.5. The predicted octanol–water partition coefficient (Wildman–Crippen LogP) is 3.55. The van der Waals surface area contributed by atoms with Gasteiger partial charge in [0.2, 0.25) is 0 Å². The highest BCUT2D eigenvalue weighted by Crippen LogP contribution is 2.39. The molecule has 3 nitrogen and oxygen atoms in total. The molecule has 0 unspecified atom stereocenters. The zero-order valence-electron chi connectivity index (χ0n) is 11.2. The Bertz CT molecular complexity index is 767. The molecule has 3 aromatic rings. The number of fused-ring (bicyclic) bond motifs is 1. The van der Waals surface area contributed by atoms with Crippen molar-refractivity contribution in [3.63, 3.8) is 0 Å². The molecular formula is C17H15NO2. The van der Waals surface area contributed by atoms with Crippen LogP contribution in [0.15, 0.2) is 48.8 Å². The van der Waals surface area contributed by atoms with Gasteiger partial charge in [-0.1, -0.05) is 30.3 Å². The van der Waals surface area contributed by atoms with Crippen LogP contribution >= 0.6 is 0 Å². The zero-order valence-corrected chi connectivity index (χ0v) is 11.2. The van der Waals surface area contributed by atoms with Gasteiger partial charge in [-0.2, -0.15) is 0 Å². The number of nitrogens with zero attached hydrogens (tertiary/aromatic N) is 1. The van der Waals surface area contributed by atoms with Gasteiger partial charge in [-0.15, -0.1) is 0 Å². The summed E-state index contributed by atoms with van der Waals surface area (Å²) in [4.78, 5) is 4.08. The fraction of sp³-hybridized carbons (Fsp3) is 0.118. The topological polar surface area (TPSA) is 53.4 Å². The van der Waals surface area contributed by atoms with E-state index in [0.29, 0.717) is 22.8 Å². The van der Waals surface area contributed by atoms with Crippen molar-refractivity contribution >= 4 is 10.8 Å². The Morgan fingerprint density at radius 3 is 2.30 bits per heavy atom. The highest BCUT2D eigenvalue weighted by atomic mass is 16.3. The first-order valence-electron chi connectivity index (χ1n) is 6.49. The molecule has 0 aliphatic heterocycles. The van der Waals surface area contributed by atoms with E-state index < -0.39 is 0 Å². The van der Waals surface area contributed by atoms with Gasteiger partial charge in [0, 0.05) is 35.2 Å². The number of benzene rings is 2. The van der Waals surface area contributed by atoms with E-state index in [9.17, 15) is 10.2 Å². The molecule has 0 saturated heterocycles. The molecule has 0 spiro atoms. The van der Waals surface area contributed by atoms with Gasteiger partial charge in [0.1, 0.15) is 11.5 Å². The largest absolute Gasteiger partial charge is 0.507 e. The van der Waals surface area contributed by atoms with Crippen molar-refractivity contribution in [2.45, 2.75) is 13.3 Å². The van der Waals surface area contributed by atoms with Crippen LogP contribution in [0, 0.1) is 6.92 Å². The normalized spacial score (nSPS) is 10.8. The smallest absolute Gasteiger partial charge is 0.127 e. The summed E-state index contributed by atoms with van der Waals surface area (Å²) in [6, 6.07) is 11.1. The van der Waals surface area contributed by atoms with Gasteiger partial charge in [0.25, 0.3) is 0 Å². The summed E-state index contributed by atoms with van der Waals surface area (Å²) < 4.78 is 0. The molecule has 0 saturated carbocycles. The number of hydrogen-bond donors (Lipinski definition) is 2. The molecule has 3 heteroatoms. The van der Waals surface area contributed by atoms with E-state index in [1.165, 1.54) is 0 Å². The summed E-state index contributed by atoms with van der Waals surface area (Å²) in [6.07, 6.45) is 4.03. The molecule has 0 bridgehead atoms. The minimum absolute atomic E-state index is 0.234. The van der Waals surface area contributed by atoms with Crippen LogP contribution in [-0.4, -0.2) is 15.2 Å². The average Bonchev–Trinajstić information content (AvgIpc) is 2.50. The molecule has 100 valence electrons.